The number of nitrogens with zero attached hydrogens (tertiary/aromatic N) is 3. The second kappa shape index (κ2) is 7.26. The normalized spacial score (nSPS) is 10.6. The smallest absolute Gasteiger partial charge is 0.340 e. The van der Waals surface area contributed by atoms with E-state index >= 15 is 0 Å². The van der Waals surface area contributed by atoms with Gasteiger partial charge < -0.3 is 10.5 Å². The van der Waals surface area contributed by atoms with E-state index < -0.39 is 11.8 Å². The number of anilines is 1. The number of ether oxygens (including phenoxy) is 1. The zero-order valence-electron chi connectivity index (χ0n) is 14.4. The predicted octanol–water partition coefficient (Wildman–Crippen LogP) is 3.28. The number of carbonyl (C=O) groups is 1. The third-order valence-corrected chi connectivity index (χ3v) is 3.98. The Kier molecular flexibility index (Phi) is 4.88. The molecule has 6 nitrogen and oxygen atoms in total. The van der Waals surface area contributed by atoms with Gasteiger partial charge in [-0.1, -0.05) is 13.0 Å². The van der Waals surface area contributed by atoms with Gasteiger partial charge in [-0.05, 0) is 30.7 Å². The van der Waals surface area contributed by atoms with Crippen LogP contribution in [-0.4, -0.2) is 28.0 Å². The molecule has 0 radical (unpaired) electrons. The number of esters is 1. The summed E-state index contributed by atoms with van der Waals surface area (Å²) in [5, 5.41) is 0. The molecule has 0 amide bonds. The number of methoxy groups -OCH3 is 1. The van der Waals surface area contributed by atoms with Gasteiger partial charge >= 0.3 is 5.97 Å². The van der Waals surface area contributed by atoms with Crippen molar-refractivity contribution >= 4 is 11.8 Å². The minimum atomic E-state index is -0.728. The largest absolute Gasteiger partial charge is 0.465 e. The Bertz CT molecular complexity index is 958. The van der Waals surface area contributed by atoms with E-state index in [1.807, 2.05) is 13.0 Å². The summed E-state index contributed by atoms with van der Waals surface area (Å²) in [6.07, 6.45) is 3.74. The summed E-state index contributed by atoms with van der Waals surface area (Å²) in [4.78, 5) is 24.4. The molecular formula is C19H17FN4O2. The number of aryl methyl sites for hydroxylation is 1. The fourth-order valence-electron chi connectivity index (χ4n) is 2.70. The van der Waals surface area contributed by atoms with Crippen molar-refractivity contribution in [1.82, 2.24) is 15.0 Å². The van der Waals surface area contributed by atoms with E-state index in [1.54, 1.807) is 18.3 Å². The minimum Gasteiger partial charge on any atom is -0.465 e. The van der Waals surface area contributed by atoms with E-state index in [9.17, 15) is 9.18 Å². The van der Waals surface area contributed by atoms with Crippen molar-refractivity contribution in [2.24, 2.45) is 0 Å². The van der Waals surface area contributed by atoms with Gasteiger partial charge in [0.1, 0.15) is 18.0 Å². The van der Waals surface area contributed by atoms with Crippen molar-refractivity contribution in [2.45, 2.75) is 13.3 Å². The zero-order chi connectivity index (χ0) is 18.7. The topological polar surface area (TPSA) is 91.0 Å². The highest BCUT2D eigenvalue weighted by molar-refractivity contribution is 5.91. The van der Waals surface area contributed by atoms with E-state index in [4.69, 9.17) is 5.73 Å². The molecule has 1 aromatic carbocycles. The molecule has 0 spiro atoms. The van der Waals surface area contributed by atoms with Gasteiger partial charge in [-0.25, -0.2) is 24.1 Å². The molecule has 0 bridgehead atoms. The molecule has 7 heteroatoms. The van der Waals surface area contributed by atoms with Crippen molar-refractivity contribution in [3.8, 4) is 22.4 Å². The average molecular weight is 352 g/mol. The molecule has 2 aromatic heterocycles. The minimum absolute atomic E-state index is 0.128. The zero-order valence-corrected chi connectivity index (χ0v) is 14.4. The van der Waals surface area contributed by atoms with Crippen molar-refractivity contribution in [3.05, 3.63) is 59.9 Å². The number of nitrogens with two attached hydrogens (primary N) is 1. The van der Waals surface area contributed by atoms with Crippen LogP contribution < -0.4 is 5.73 Å². The van der Waals surface area contributed by atoms with Crippen LogP contribution in [0.4, 0.5) is 10.2 Å². The van der Waals surface area contributed by atoms with Crippen molar-refractivity contribution in [2.75, 3.05) is 12.8 Å². The average Bonchev–Trinajstić information content (AvgIpc) is 2.67. The van der Waals surface area contributed by atoms with Crippen LogP contribution in [0.15, 0.2) is 42.9 Å². The van der Waals surface area contributed by atoms with Gasteiger partial charge in [0.05, 0.1) is 24.1 Å². The first-order valence-corrected chi connectivity index (χ1v) is 7.99. The van der Waals surface area contributed by atoms with Gasteiger partial charge in [-0.15, -0.1) is 0 Å². The lowest BCUT2D eigenvalue weighted by Crippen LogP contribution is -2.05. The van der Waals surface area contributed by atoms with E-state index in [2.05, 4.69) is 19.7 Å². The Labute approximate surface area is 149 Å². The van der Waals surface area contributed by atoms with Gasteiger partial charge in [0, 0.05) is 22.9 Å². The molecule has 0 saturated carbocycles. The van der Waals surface area contributed by atoms with Crippen LogP contribution in [0.3, 0.4) is 0 Å². The predicted molar refractivity (Wildman–Crippen MR) is 95.8 cm³/mol. The Balaban J connectivity index is 2.18. The van der Waals surface area contributed by atoms with Crippen LogP contribution in [0.2, 0.25) is 0 Å². The van der Waals surface area contributed by atoms with Crippen molar-refractivity contribution in [1.29, 1.82) is 0 Å². The fourth-order valence-corrected chi connectivity index (χ4v) is 2.70. The maximum Gasteiger partial charge on any atom is 0.340 e. The third-order valence-electron chi connectivity index (χ3n) is 3.98. The number of hydrogen-bond donors (Lipinski definition) is 1. The van der Waals surface area contributed by atoms with E-state index in [0.29, 0.717) is 23.5 Å². The molecule has 0 unspecified atom stereocenters. The van der Waals surface area contributed by atoms with E-state index in [1.165, 1.54) is 25.6 Å². The Morgan fingerprint density at radius 2 is 1.92 bits per heavy atom. The highest BCUT2D eigenvalue weighted by Gasteiger charge is 2.18. The number of benzene rings is 1. The molecule has 0 aliphatic carbocycles. The van der Waals surface area contributed by atoms with Crippen LogP contribution in [0.1, 0.15) is 23.0 Å². The number of pyridine rings is 1. The van der Waals surface area contributed by atoms with Gasteiger partial charge in [-0.2, -0.15) is 0 Å². The summed E-state index contributed by atoms with van der Waals surface area (Å²) in [5.41, 5.74) is 8.96. The van der Waals surface area contributed by atoms with Crippen LogP contribution in [0.25, 0.3) is 22.4 Å². The van der Waals surface area contributed by atoms with Crippen LogP contribution in [-0.2, 0) is 11.2 Å². The molecule has 0 atom stereocenters. The highest BCUT2D eigenvalue weighted by atomic mass is 19.1. The first-order chi connectivity index (χ1) is 12.5. The number of rotatable bonds is 4. The summed E-state index contributed by atoms with van der Waals surface area (Å²) in [6, 6.07) is 7.79. The Morgan fingerprint density at radius 3 is 2.54 bits per heavy atom. The Morgan fingerprint density at radius 1 is 1.15 bits per heavy atom. The van der Waals surface area contributed by atoms with Gasteiger partial charge in [0.25, 0.3) is 0 Å². The number of hydrogen-bond acceptors (Lipinski definition) is 6. The molecule has 3 rings (SSSR count). The standard InChI is InChI=1S/C19H17FN4O2/c1-3-15-17(12-5-7-16(21)22-9-12)18(24-10-23-15)11-4-6-13(14(20)8-11)19(25)26-2/h4-10H,3H2,1-2H3,(H2,21,22). The highest BCUT2D eigenvalue weighted by Crippen LogP contribution is 2.33. The number of halogens is 1. The lowest BCUT2D eigenvalue weighted by Gasteiger charge is -2.13. The summed E-state index contributed by atoms with van der Waals surface area (Å²) >= 11 is 0. The molecule has 26 heavy (non-hydrogen) atoms. The summed E-state index contributed by atoms with van der Waals surface area (Å²) < 4.78 is 18.9. The van der Waals surface area contributed by atoms with Gasteiger partial charge in [0.2, 0.25) is 0 Å². The molecular weight excluding hydrogens is 335 g/mol. The molecule has 2 N–H and O–H groups in total. The number of nitrogen functional groups attached to an aromatic ring is 1. The molecule has 0 saturated heterocycles. The lowest BCUT2D eigenvalue weighted by molar-refractivity contribution is 0.0595. The summed E-state index contributed by atoms with van der Waals surface area (Å²) in [7, 11) is 1.21. The molecule has 132 valence electrons. The third kappa shape index (κ3) is 3.23. The quantitative estimate of drug-likeness (QED) is 0.725. The second-order valence-corrected chi connectivity index (χ2v) is 5.56. The molecule has 0 fully saturated rings. The van der Waals surface area contributed by atoms with Gasteiger partial charge in [-0.3, -0.25) is 0 Å². The summed E-state index contributed by atoms with van der Waals surface area (Å²) in [5.74, 6) is -1.000. The second-order valence-electron chi connectivity index (χ2n) is 5.56. The first-order valence-electron chi connectivity index (χ1n) is 7.99. The molecule has 0 aliphatic rings. The number of carbonyl (C=O) groups excluding carboxylic acids is 1. The van der Waals surface area contributed by atoms with E-state index in [0.717, 1.165) is 16.8 Å². The maximum atomic E-state index is 14.4. The van der Waals surface area contributed by atoms with Crippen LogP contribution in [0, 0.1) is 5.82 Å². The first kappa shape index (κ1) is 17.5. The molecule has 0 aliphatic heterocycles. The number of aromatic nitrogens is 3. The fraction of sp³-hybridized carbons (Fsp3) is 0.158. The van der Waals surface area contributed by atoms with Crippen LogP contribution >= 0.6 is 0 Å². The lowest BCUT2D eigenvalue weighted by atomic mass is 9.97. The van der Waals surface area contributed by atoms with Crippen molar-refractivity contribution in [3.63, 3.8) is 0 Å². The molecule has 3 aromatic rings. The SMILES string of the molecule is CCc1ncnc(-c2ccc(C(=O)OC)c(F)c2)c1-c1ccc(N)nc1. The maximum absolute atomic E-state index is 14.4. The summed E-state index contributed by atoms with van der Waals surface area (Å²) in [6.45, 7) is 1.97. The van der Waals surface area contributed by atoms with E-state index in [-0.39, 0.29) is 5.56 Å². The molecule has 2 heterocycles. The van der Waals surface area contributed by atoms with Gasteiger partial charge in [0.15, 0.2) is 0 Å². The monoisotopic (exact) mass is 352 g/mol. The van der Waals surface area contributed by atoms with Crippen molar-refractivity contribution < 1.29 is 13.9 Å². The van der Waals surface area contributed by atoms with Crippen LogP contribution in [0.5, 0.6) is 0 Å². The Hall–Kier alpha value is -3.35.